The minimum Gasteiger partial charge on any atom is -0.391 e. The van der Waals surface area contributed by atoms with E-state index < -0.39 is 0 Å². The van der Waals surface area contributed by atoms with Crippen LogP contribution in [0, 0.1) is 0 Å². The maximum Gasteiger partial charge on any atom is 0.124 e. The zero-order chi connectivity index (χ0) is 15.4. The fourth-order valence-corrected chi connectivity index (χ4v) is 3.10. The number of imidazole rings is 1. The normalized spacial score (nSPS) is 21.8. The Morgan fingerprint density at radius 1 is 1.32 bits per heavy atom. The number of nitrogens with zero attached hydrogens (tertiary/aromatic N) is 3. The molecule has 2 N–H and O–H groups in total. The maximum atomic E-state index is 10.4. The zero-order valence-electron chi connectivity index (χ0n) is 13.0. The summed E-state index contributed by atoms with van der Waals surface area (Å²) in [7, 11) is 2.13. The monoisotopic (exact) mass is 300 g/mol. The summed E-state index contributed by atoms with van der Waals surface area (Å²) in [5, 5.41) is 10.4. The van der Waals surface area contributed by atoms with E-state index in [-0.39, 0.29) is 12.1 Å². The first-order valence-electron chi connectivity index (χ1n) is 7.86. The average Bonchev–Trinajstić information content (AvgIpc) is 3.04. The number of nitrogens with one attached hydrogen (secondary N) is 1. The van der Waals surface area contributed by atoms with Gasteiger partial charge >= 0.3 is 0 Å². The zero-order valence-corrected chi connectivity index (χ0v) is 13.0. The van der Waals surface area contributed by atoms with Crippen molar-refractivity contribution in [2.45, 2.75) is 18.6 Å². The Morgan fingerprint density at radius 3 is 2.86 bits per heavy atom. The quantitative estimate of drug-likeness (QED) is 0.874. The van der Waals surface area contributed by atoms with Gasteiger partial charge in [0.15, 0.2) is 0 Å². The molecule has 22 heavy (non-hydrogen) atoms. The van der Waals surface area contributed by atoms with Gasteiger partial charge in [-0.2, -0.15) is 0 Å². The molecule has 1 saturated heterocycles. The number of H-pyrrole nitrogens is 1. The van der Waals surface area contributed by atoms with Crippen molar-refractivity contribution in [3.63, 3.8) is 0 Å². The number of piperazine rings is 1. The second kappa shape index (κ2) is 7.05. The molecule has 0 bridgehead atoms. The molecule has 0 saturated carbocycles. The van der Waals surface area contributed by atoms with Crippen molar-refractivity contribution in [3.05, 3.63) is 54.1 Å². The molecule has 0 aliphatic carbocycles. The highest BCUT2D eigenvalue weighted by atomic mass is 16.3. The predicted molar refractivity (Wildman–Crippen MR) is 86.6 cm³/mol. The molecule has 2 aromatic rings. The van der Waals surface area contributed by atoms with Gasteiger partial charge in [0.25, 0.3) is 0 Å². The number of hydrogen-bond donors (Lipinski definition) is 2. The fourth-order valence-electron chi connectivity index (χ4n) is 3.10. The van der Waals surface area contributed by atoms with Crippen molar-refractivity contribution < 1.29 is 5.11 Å². The number of benzene rings is 1. The lowest BCUT2D eigenvalue weighted by Crippen LogP contribution is -2.49. The summed E-state index contributed by atoms with van der Waals surface area (Å²) in [6, 6.07) is 10.4. The molecular formula is C17H24N4O. The van der Waals surface area contributed by atoms with Crippen LogP contribution in [0.3, 0.4) is 0 Å². The molecule has 0 radical (unpaired) electrons. The molecule has 1 aliphatic heterocycles. The van der Waals surface area contributed by atoms with Crippen molar-refractivity contribution in [1.82, 2.24) is 19.8 Å². The van der Waals surface area contributed by atoms with Crippen molar-refractivity contribution in [2.24, 2.45) is 0 Å². The van der Waals surface area contributed by atoms with Gasteiger partial charge in [-0.1, -0.05) is 30.3 Å². The maximum absolute atomic E-state index is 10.4. The molecule has 2 heterocycles. The van der Waals surface area contributed by atoms with Crippen LogP contribution in [0.15, 0.2) is 42.7 Å². The standard InChI is InChI=1S/C17H24N4O/c1-20-9-10-21(13-16(20)17-18-7-8-19-17)12-15(22)11-14-5-3-2-4-6-14/h2-8,15-16,22H,9-13H2,1H3,(H,18,19). The number of aromatic nitrogens is 2. The van der Waals surface area contributed by atoms with E-state index in [1.807, 2.05) is 24.4 Å². The summed E-state index contributed by atoms with van der Waals surface area (Å²) >= 11 is 0. The van der Waals surface area contributed by atoms with E-state index in [1.165, 1.54) is 5.56 Å². The van der Waals surface area contributed by atoms with E-state index in [1.54, 1.807) is 6.20 Å². The van der Waals surface area contributed by atoms with Gasteiger partial charge in [-0.3, -0.25) is 9.80 Å². The molecule has 0 spiro atoms. The summed E-state index contributed by atoms with van der Waals surface area (Å²) in [4.78, 5) is 12.2. The van der Waals surface area contributed by atoms with Gasteiger partial charge in [-0.05, 0) is 19.0 Å². The van der Waals surface area contributed by atoms with Gasteiger partial charge < -0.3 is 10.1 Å². The number of aliphatic hydroxyl groups is 1. The lowest BCUT2D eigenvalue weighted by atomic mass is 10.1. The highest BCUT2D eigenvalue weighted by Crippen LogP contribution is 2.21. The molecular weight excluding hydrogens is 276 g/mol. The number of aliphatic hydroxyl groups excluding tert-OH is 1. The van der Waals surface area contributed by atoms with Crippen molar-refractivity contribution >= 4 is 0 Å². The van der Waals surface area contributed by atoms with E-state index >= 15 is 0 Å². The Kier molecular flexibility index (Phi) is 4.87. The molecule has 1 aromatic heterocycles. The van der Waals surface area contributed by atoms with Crippen LogP contribution in [-0.4, -0.2) is 64.2 Å². The van der Waals surface area contributed by atoms with Crippen molar-refractivity contribution in [1.29, 1.82) is 0 Å². The Morgan fingerprint density at radius 2 is 2.14 bits per heavy atom. The van der Waals surface area contributed by atoms with Crippen LogP contribution >= 0.6 is 0 Å². The van der Waals surface area contributed by atoms with Gasteiger partial charge in [0.1, 0.15) is 5.82 Å². The predicted octanol–water partition coefficient (Wildman–Crippen LogP) is 1.30. The van der Waals surface area contributed by atoms with Crippen LogP contribution in [0.5, 0.6) is 0 Å². The minimum atomic E-state index is -0.331. The molecule has 3 rings (SSSR count). The largest absolute Gasteiger partial charge is 0.391 e. The molecule has 118 valence electrons. The Labute approximate surface area is 131 Å². The first kappa shape index (κ1) is 15.2. The van der Waals surface area contributed by atoms with E-state index in [0.29, 0.717) is 13.0 Å². The van der Waals surface area contributed by atoms with Gasteiger partial charge in [0.2, 0.25) is 0 Å². The number of β-amino-alcohol motifs (C(OH)–C–C–N with tert-alkyl or cyclic N) is 1. The lowest BCUT2D eigenvalue weighted by molar-refractivity contribution is 0.0491. The van der Waals surface area contributed by atoms with Crippen molar-refractivity contribution in [2.75, 3.05) is 33.2 Å². The molecule has 5 heteroatoms. The Hall–Kier alpha value is -1.69. The first-order chi connectivity index (χ1) is 10.7. The highest BCUT2D eigenvalue weighted by molar-refractivity contribution is 5.15. The van der Waals surface area contributed by atoms with Crippen LogP contribution in [-0.2, 0) is 6.42 Å². The smallest absolute Gasteiger partial charge is 0.124 e. The Bertz CT molecular complexity index is 557. The molecule has 1 fully saturated rings. The minimum absolute atomic E-state index is 0.271. The first-order valence-corrected chi connectivity index (χ1v) is 7.86. The summed E-state index contributed by atoms with van der Waals surface area (Å²) in [5.41, 5.74) is 1.19. The summed E-state index contributed by atoms with van der Waals surface area (Å²) in [5.74, 6) is 1.00. The highest BCUT2D eigenvalue weighted by Gasteiger charge is 2.28. The molecule has 2 atom stereocenters. The van der Waals surface area contributed by atoms with Crippen LogP contribution in [0.4, 0.5) is 0 Å². The van der Waals surface area contributed by atoms with Gasteiger partial charge in [-0.15, -0.1) is 0 Å². The van der Waals surface area contributed by atoms with Crippen LogP contribution in [0.2, 0.25) is 0 Å². The van der Waals surface area contributed by atoms with E-state index in [9.17, 15) is 5.11 Å². The molecule has 5 nitrogen and oxygen atoms in total. The third-order valence-electron chi connectivity index (χ3n) is 4.35. The van der Waals surface area contributed by atoms with Gasteiger partial charge in [0, 0.05) is 38.6 Å². The second-order valence-electron chi connectivity index (χ2n) is 6.07. The molecule has 2 unspecified atom stereocenters. The average molecular weight is 300 g/mol. The molecule has 1 aromatic carbocycles. The fraction of sp³-hybridized carbons (Fsp3) is 0.471. The van der Waals surface area contributed by atoms with Crippen LogP contribution < -0.4 is 0 Å². The summed E-state index contributed by atoms with van der Waals surface area (Å²) < 4.78 is 0. The lowest BCUT2D eigenvalue weighted by Gasteiger charge is -2.39. The summed E-state index contributed by atoms with van der Waals surface area (Å²) in [6.45, 7) is 3.58. The van der Waals surface area contributed by atoms with Gasteiger partial charge in [0.05, 0.1) is 12.1 Å². The second-order valence-corrected chi connectivity index (χ2v) is 6.07. The van der Waals surface area contributed by atoms with Gasteiger partial charge in [-0.25, -0.2) is 4.98 Å². The SMILES string of the molecule is CN1CCN(CC(O)Cc2ccccc2)CC1c1ncc[nH]1. The number of rotatable bonds is 5. The number of aromatic amines is 1. The van der Waals surface area contributed by atoms with Crippen molar-refractivity contribution in [3.8, 4) is 0 Å². The van der Waals surface area contributed by atoms with E-state index in [2.05, 4.69) is 38.9 Å². The number of likely N-dealkylation sites (N-methyl/N-ethyl adjacent to an activating group) is 1. The van der Waals surface area contributed by atoms with E-state index in [4.69, 9.17) is 0 Å². The van der Waals surface area contributed by atoms with Crippen LogP contribution in [0.1, 0.15) is 17.4 Å². The van der Waals surface area contributed by atoms with E-state index in [0.717, 1.165) is 25.5 Å². The number of hydrogen-bond acceptors (Lipinski definition) is 4. The van der Waals surface area contributed by atoms with Crippen LogP contribution in [0.25, 0.3) is 0 Å². The summed E-state index contributed by atoms with van der Waals surface area (Å²) in [6.07, 6.45) is 4.04. The Balaban J connectivity index is 1.56. The molecule has 0 amide bonds. The topological polar surface area (TPSA) is 55.4 Å². The third-order valence-corrected chi connectivity index (χ3v) is 4.35. The molecule has 1 aliphatic rings. The third kappa shape index (κ3) is 3.74.